The second-order valence-corrected chi connectivity index (χ2v) is 6.00. The van der Waals surface area contributed by atoms with E-state index in [0.717, 1.165) is 24.0 Å². The Balaban J connectivity index is 3.12. The van der Waals surface area contributed by atoms with Crippen molar-refractivity contribution in [2.24, 2.45) is 5.92 Å². The number of allylic oxidation sites excluding steroid dienone is 2. The molecule has 0 fully saturated rings. The van der Waals surface area contributed by atoms with Crippen molar-refractivity contribution in [3.05, 3.63) is 22.8 Å². The third-order valence-corrected chi connectivity index (χ3v) is 3.85. The number of ketones is 1. The zero-order chi connectivity index (χ0) is 15.3. The van der Waals surface area contributed by atoms with Crippen LogP contribution in [0.15, 0.2) is 22.8 Å². The number of rotatable bonds is 1. The molecular weight excluding hydrogens is 252 g/mol. The molecule has 1 rings (SSSR count). The number of carbonyl (C=O) groups is 2. The van der Waals surface area contributed by atoms with Gasteiger partial charge in [-0.25, -0.2) is 0 Å². The SMILES string of the molecule is CC(=O)OC1C/C(C)=C\CC[C@H](C)C(=O)CC1=C(C)C. The molecule has 0 saturated carbocycles. The standard InChI is InChI=1S/C17H26O3/c1-11(2)15-10-16(19)13(4)8-6-7-12(3)9-17(15)20-14(5)18/h7,13,17H,6,8-10H2,1-5H3/b12-7-/t13-,17?/m0/s1. The zero-order valence-corrected chi connectivity index (χ0v) is 13.3. The summed E-state index contributed by atoms with van der Waals surface area (Å²) in [5.74, 6) is 0.00916. The second-order valence-electron chi connectivity index (χ2n) is 6.00. The van der Waals surface area contributed by atoms with Gasteiger partial charge in [0.25, 0.3) is 0 Å². The highest BCUT2D eigenvalue weighted by molar-refractivity contribution is 5.83. The summed E-state index contributed by atoms with van der Waals surface area (Å²) >= 11 is 0. The van der Waals surface area contributed by atoms with Crippen LogP contribution in [0, 0.1) is 5.92 Å². The lowest BCUT2D eigenvalue weighted by atomic mass is 9.87. The summed E-state index contributed by atoms with van der Waals surface area (Å²) < 4.78 is 5.46. The number of hydrogen-bond acceptors (Lipinski definition) is 3. The van der Waals surface area contributed by atoms with E-state index in [4.69, 9.17) is 4.74 Å². The molecule has 2 atom stereocenters. The van der Waals surface area contributed by atoms with Gasteiger partial charge in [0.1, 0.15) is 11.9 Å². The van der Waals surface area contributed by atoms with Gasteiger partial charge in [0.05, 0.1) is 0 Å². The highest BCUT2D eigenvalue weighted by Gasteiger charge is 2.24. The van der Waals surface area contributed by atoms with Gasteiger partial charge < -0.3 is 4.74 Å². The maximum Gasteiger partial charge on any atom is 0.303 e. The summed E-state index contributed by atoms with van der Waals surface area (Å²) in [6, 6.07) is 0. The maximum atomic E-state index is 12.3. The Morgan fingerprint density at radius 3 is 2.50 bits per heavy atom. The van der Waals surface area contributed by atoms with Gasteiger partial charge in [-0.2, -0.15) is 0 Å². The molecule has 1 aliphatic rings. The molecular formula is C17H26O3. The molecule has 0 N–H and O–H groups in total. The third-order valence-electron chi connectivity index (χ3n) is 3.85. The molecule has 0 aromatic rings. The highest BCUT2D eigenvalue weighted by atomic mass is 16.5. The predicted molar refractivity (Wildman–Crippen MR) is 80.3 cm³/mol. The first-order valence-electron chi connectivity index (χ1n) is 7.33. The Kier molecular flexibility index (Phi) is 6.18. The topological polar surface area (TPSA) is 43.4 Å². The van der Waals surface area contributed by atoms with Crippen LogP contribution in [0.5, 0.6) is 0 Å². The van der Waals surface area contributed by atoms with Crippen LogP contribution in [-0.4, -0.2) is 17.9 Å². The van der Waals surface area contributed by atoms with Crippen molar-refractivity contribution in [3.63, 3.8) is 0 Å². The van der Waals surface area contributed by atoms with Gasteiger partial charge >= 0.3 is 5.97 Å². The molecule has 3 nitrogen and oxygen atoms in total. The Bertz CT molecular complexity index is 439. The summed E-state index contributed by atoms with van der Waals surface area (Å²) in [6.45, 7) is 9.43. The van der Waals surface area contributed by atoms with E-state index in [1.54, 1.807) is 0 Å². The van der Waals surface area contributed by atoms with E-state index in [-0.39, 0.29) is 23.8 Å². The number of Topliss-reactive ketones (excluding diaryl/α,β-unsaturated/α-hetero) is 1. The third kappa shape index (κ3) is 4.95. The van der Waals surface area contributed by atoms with E-state index in [1.165, 1.54) is 12.5 Å². The van der Waals surface area contributed by atoms with Crippen molar-refractivity contribution in [2.75, 3.05) is 0 Å². The summed E-state index contributed by atoms with van der Waals surface area (Å²) in [7, 11) is 0. The van der Waals surface area contributed by atoms with Crippen molar-refractivity contribution >= 4 is 11.8 Å². The average Bonchev–Trinajstić information content (AvgIpc) is 2.32. The van der Waals surface area contributed by atoms with Crippen LogP contribution < -0.4 is 0 Å². The van der Waals surface area contributed by atoms with Gasteiger partial charge in [-0.05, 0) is 39.2 Å². The summed E-state index contributed by atoms with van der Waals surface area (Å²) in [5.41, 5.74) is 3.26. The Morgan fingerprint density at radius 1 is 1.30 bits per heavy atom. The lowest BCUT2D eigenvalue weighted by Gasteiger charge is -2.24. The molecule has 20 heavy (non-hydrogen) atoms. The van der Waals surface area contributed by atoms with Crippen LogP contribution in [0.25, 0.3) is 0 Å². The molecule has 0 heterocycles. The van der Waals surface area contributed by atoms with Crippen molar-refractivity contribution in [1.29, 1.82) is 0 Å². The molecule has 0 aromatic carbocycles. The fraction of sp³-hybridized carbons (Fsp3) is 0.647. The fourth-order valence-electron chi connectivity index (χ4n) is 2.53. The van der Waals surface area contributed by atoms with Crippen LogP contribution in [-0.2, 0) is 14.3 Å². The molecule has 0 aromatic heterocycles. The fourth-order valence-corrected chi connectivity index (χ4v) is 2.53. The quantitative estimate of drug-likeness (QED) is 0.538. The highest BCUT2D eigenvalue weighted by Crippen LogP contribution is 2.27. The normalized spacial score (nSPS) is 27.6. The van der Waals surface area contributed by atoms with Crippen LogP contribution >= 0.6 is 0 Å². The largest absolute Gasteiger partial charge is 0.458 e. The predicted octanol–water partition coefficient (Wildman–Crippen LogP) is 3.98. The van der Waals surface area contributed by atoms with E-state index in [2.05, 4.69) is 13.0 Å². The lowest BCUT2D eigenvalue weighted by molar-refractivity contribution is -0.145. The summed E-state index contributed by atoms with van der Waals surface area (Å²) in [4.78, 5) is 23.6. The molecule has 3 heteroatoms. The number of carbonyl (C=O) groups excluding carboxylic acids is 2. The van der Waals surface area contributed by atoms with Gasteiger partial charge in [0.2, 0.25) is 0 Å². The van der Waals surface area contributed by atoms with Crippen LogP contribution in [0.2, 0.25) is 0 Å². The van der Waals surface area contributed by atoms with Crippen LogP contribution in [0.3, 0.4) is 0 Å². The van der Waals surface area contributed by atoms with E-state index in [9.17, 15) is 9.59 Å². The first-order valence-corrected chi connectivity index (χ1v) is 7.33. The number of esters is 1. The molecule has 0 bridgehead atoms. The smallest absolute Gasteiger partial charge is 0.303 e. The van der Waals surface area contributed by atoms with E-state index in [0.29, 0.717) is 12.8 Å². The van der Waals surface area contributed by atoms with Gasteiger partial charge in [-0.15, -0.1) is 0 Å². The van der Waals surface area contributed by atoms with Gasteiger partial charge in [-0.1, -0.05) is 24.1 Å². The van der Waals surface area contributed by atoms with E-state index in [1.807, 2.05) is 20.8 Å². The van der Waals surface area contributed by atoms with Crippen molar-refractivity contribution < 1.29 is 14.3 Å². The van der Waals surface area contributed by atoms with Gasteiger partial charge in [0.15, 0.2) is 0 Å². The first kappa shape index (κ1) is 16.7. The summed E-state index contributed by atoms with van der Waals surface area (Å²) in [5, 5.41) is 0. The Morgan fingerprint density at radius 2 is 1.95 bits per heavy atom. The van der Waals surface area contributed by atoms with E-state index >= 15 is 0 Å². The lowest BCUT2D eigenvalue weighted by Crippen LogP contribution is -2.24. The molecule has 1 unspecified atom stereocenters. The molecule has 0 radical (unpaired) electrons. The van der Waals surface area contributed by atoms with Crippen molar-refractivity contribution in [2.45, 2.75) is 66.4 Å². The van der Waals surface area contributed by atoms with Crippen molar-refractivity contribution in [1.82, 2.24) is 0 Å². The average molecular weight is 278 g/mol. The second kappa shape index (κ2) is 7.41. The minimum absolute atomic E-state index is 0.0597. The van der Waals surface area contributed by atoms with Crippen LogP contribution in [0.1, 0.15) is 60.3 Å². The molecule has 0 saturated heterocycles. The monoisotopic (exact) mass is 278 g/mol. The summed E-state index contributed by atoms with van der Waals surface area (Å²) in [6.07, 6.45) is 4.74. The van der Waals surface area contributed by atoms with E-state index < -0.39 is 0 Å². The first-order chi connectivity index (χ1) is 9.31. The zero-order valence-electron chi connectivity index (χ0n) is 13.3. The molecule has 0 spiro atoms. The Hall–Kier alpha value is -1.38. The minimum atomic E-state index is -0.303. The van der Waals surface area contributed by atoms with Crippen molar-refractivity contribution in [3.8, 4) is 0 Å². The van der Waals surface area contributed by atoms with Crippen LogP contribution in [0.4, 0.5) is 0 Å². The molecule has 0 amide bonds. The maximum absolute atomic E-state index is 12.3. The number of ether oxygens (including phenoxy) is 1. The minimum Gasteiger partial charge on any atom is -0.458 e. The Labute approximate surface area is 122 Å². The molecule has 0 aliphatic heterocycles. The van der Waals surface area contributed by atoms with Gasteiger partial charge in [-0.3, -0.25) is 9.59 Å². The van der Waals surface area contributed by atoms with Gasteiger partial charge in [0, 0.05) is 25.7 Å². The molecule has 112 valence electrons. The number of hydrogen-bond donors (Lipinski definition) is 0. The molecule has 1 aliphatic carbocycles.